The monoisotopic (exact) mass is 427 g/mol. The van der Waals surface area contributed by atoms with E-state index >= 15 is 0 Å². The number of methoxy groups -OCH3 is 2. The maximum atomic E-state index is 12.9. The normalized spacial score (nSPS) is 13.1. The lowest BCUT2D eigenvalue weighted by atomic mass is 10.0. The van der Waals surface area contributed by atoms with Gasteiger partial charge >= 0.3 is 24.3 Å². The van der Waals surface area contributed by atoms with Crippen LogP contribution in [-0.2, 0) is 31.4 Å². The molecule has 1 aromatic rings. The molecule has 6 nitrogen and oxygen atoms in total. The summed E-state index contributed by atoms with van der Waals surface area (Å²) in [6, 6.07) is -1.16. The summed E-state index contributed by atoms with van der Waals surface area (Å²) in [5.41, 5.74) is -4.33. The molecule has 1 amide bonds. The van der Waals surface area contributed by atoms with Gasteiger partial charge in [0.1, 0.15) is 6.04 Å². The second-order valence-corrected chi connectivity index (χ2v) is 5.50. The second kappa shape index (κ2) is 9.43. The standard InChI is InChI=1S/C17H15F6NO5/c1-28-13(25)5-3-4-12(15(27)29-2)24-14(26)9-6-10(16(18,19)20)8-11(7-9)17(21,22)23/h3,5-8,12H,4H2,1-2H3,(H,24,26)/b5-3+/t12-/m1/s1. The summed E-state index contributed by atoms with van der Waals surface area (Å²) in [7, 11) is 2.04. The molecule has 1 rings (SSSR count). The van der Waals surface area contributed by atoms with Gasteiger partial charge in [0.15, 0.2) is 0 Å². The minimum Gasteiger partial charge on any atom is -0.467 e. The van der Waals surface area contributed by atoms with Gasteiger partial charge in [-0.2, -0.15) is 26.3 Å². The van der Waals surface area contributed by atoms with Crippen molar-refractivity contribution in [1.29, 1.82) is 0 Å². The average molecular weight is 427 g/mol. The molecular weight excluding hydrogens is 412 g/mol. The van der Waals surface area contributed by atoms with Crippen molar-refractivity contribution in [2.45, 2.75) is 24.8 Å². The van der Waals surface area contributed by atoms with E-state index in [0.717, 1.165) is 26.4 Å². The first-order chi connectivity index (χ1) is 13.3. The van der Waals surface area contributed by atoms with E-state index in [1.165, 1.54) is 0 Å². The third kappa shape index (κ3) is 7.12. The highest BCUT2D eigenvalue weighted by atomic mass is 19.4. The fourth-order valence-electron chi connectivity index (χ4n) is 2.05. The zero-order valence-electron chi connectivity index (χ0n) is 15.0. The number of rotatable bonds is 6. The minimum absolute atomic E-state index is 0.131. The third-order valence-electron chi connectivity index (χ3n) is 3.47. The Morgan fingerprint density at radius 1 is 0.966 bits per heavy atom. The molecule has 29 heavy (non-hydrogen) atoms. The molecule has 160 valence electrons. The molecule has 0 spiro atoms. The van der Waals surface area contributed by atoms with Gasteiger partial charge in [0.25, 0.3) is 5.91 Å². The van der Waals surface area contributed by atoms with Crippen LogP contribution < -0.4 is 5.32 Å². The van der Waals surface area contributed by atoms with Crippen LogP contribution in [0.2, 0.25) is 0 Å². The summed E-state index contributed by atoms with van der Waals surface area (Å²) in [6.45, 7) is 0. The second-order valence-electron chi connectivity index (χ2n) is 5.50. The molecule has 0 aliphatic rings. The van der Waals surface area contributed by atoms with Gasteiger partial charge in [0.2, 0.25) is 0 Å². The van der Waals surface area contributed by atoms with Gasteiger partial charge in [-0.05, 0) is 24.6 Å². The van der Waals surface area contributed by atoms with Crippen molar-refractivity contribution in [1.82, 2.24) is 5.32 Å². The number of halogens is 6. The fourth-order valence-corrected chi connectivity index (χ4v) is 2.05. The predicted molar refractivity (Wildman–Crippen MR) is 85.5 cm³/mol. The molecule has 0 unspecified atom stereocenters. The molecule has 0 fully saturated rings. The van der Waals surface area contributed by atoms with Crippen molar-refractivity contribution in [3.63, 3.8) is 0 Å². The maximum Gasteiger partial charge on any atom is 0.416 e. The van der Waals surface area contributed by atoms with Crippen molar-refractivity contribution in [3.05, 3.63) is 47.0 Å². The number of amides is 1. The first-order valence-corrected chi connectivity index (χ1v) is 7.72. The Bertz CT molecular complexity index is 768. The van der Waals surface area contributed by atoms with Crippen LogP contribution in [0.1, 0.15) is 27.9 Å². The minimum atomic E-state index is -5.14. The Balaban J connectivity index is 3.20. The lowest BCUT2D eigenvalue weighted by molar-refractivity contribution is -0.144. The van der Waals surface area contributed by atoms with Crippen LogP contribution in [0.5, 0.6) is 0 Å². The van der Waals surface area contributed by atoms with Gasteiger partial charge in [0.05, 0.1) is 25.3 Å². The van der Waals surface area contributed by atoms with E-state index in [2.05, 4.69) is 9.47 Å². The van der Waals surface area contributed by atoms with E-state index < -0.39 is 52.9 Å². The molecule has 1 atom stereocenters. The Kier molecular flexibility index (Phi) is 7.80. The van der Waals surface area contributed by atoms with Crippen LogP contribution in [-0.4, -0.2) is 38.1 Å². The first kappa shape index (κ1) is 24.0. The number of esters is 2. The van der Waals surface area contributed by atoms with Crippen LogP contribution in [0.15, 0.2) is 30.4 Å². The Morgan fingerprint density at radius 3 is 1.90 bits per heavy atom. The highest BCUT2D eigenvalue weighted by molar-refractivity contribution is 5.97. The maximum absolute atomic E-state index is 12.9. The van der Waals surface area contributed by atoms with Gasteiger partial charge in [-0.25, -0.2) is 9.59 Å². The SMILES string of the molecule is COC(=O)/C=C/C[C@@H](NC(=O)c1cc(C(F)(F)F)cc(C(F)(F)F)c1)C(=O)OC. The Morgan fingerprint density at radius 2 is 1.48 bits per heavy atom. The quantitative estimate of drug-likeness (QED) is 0.429. The van der Waals surface area contributed by atoms with Gasteiger partial charge in [-0.15, -0.1) is 0 Å². The van der Waals surface area contributed by atoms with Crippen molar-refractivity contribution >= 4 is 17.8 Å². The van der Waals surface area contributed by atoms with Crippen LogP contribution in [0, 0.1) is 0 Å². The Labute approximate surface area is 160 Å². The molecule has 0 radical (unpaired) electrons. The van der Waals surface area contributed by atoms with Gasteiger partial charge < -0.3 is 14.8 Å². The van der Waals surface area contributed by atoms with E-state index in [-0.39, 0.29) is 24.6 Å². The van der Waals surface area contributed by atoms with E-state index in [1.54, 1.807) is 0 Å². The van der Waals surface area contributed by atoms with Gasteiger partial charge in [-0.1, -0.05) is 6.08 Å². The first-order valence-electron chi connectivity index (χ1n) is 7.72. The van der Waals surface area contributed by atoms with Crippen molar-refractivity contribution < 1.29 is 50.2 Å². The molecule has 0 aliphatic heterocycles. The van der Waals surface area contributed by atoms with Crippen LogP contribution >= 0.6 is 0 Å². The van der Waals surface area contributed by atoms with Crippen molar-refractivity contribution in [3.8, 4) is 0 Å². The topological polar surface area (TPSA) is 81.7 Å². The summed E-state index contributed by atoms with van der Waals surface area (Å²) in [4.78, 5) is 35.0. The number of benzene rings is 1. The van der Waals surface area contributed by atoms with E-state index in [4.69, 9.17) is 0 Å². The summed E-state index contributed by atoms with van der Waals surface area (Å²) in [5.74, 6) is -3.19. The number of carbonyl (C=O) groups excluding carboxylic acids is 3. The number of hydrogen-bond acceptors (Lipinski definition) is 5. The third-order valence-corrected chi connectivity index (χ3v) is 3.47. The zero-order chi connectivity index (χ0) is 22.4. The average Bonchev–Trinajstić information content (AvgIpc) is 2.64. The predicted octanol–water partition coefficient (Wildman–Crippen LogP) is 3.11. The molecule has 12 heteroatoms. The molecule has 0 aromatic heterocycles. The molecular formula is C17H15F6NO5. The number of nitrogens with one attached hydrogen (secondary N) is 1. The zero-order valence-corrected chi connectivity index (χ0v) is 15.0. The molecule has 0 heterocycles. The van der Waals surface area contributed by atoms with Gasteiger partial charge in [0, 0.05) is 11.6 Å². The number of ether oxygens (including phenoxy) is 2. The van der Waals surface area contributed by atoms with E-state index in [9.17, 15) is 40.7 Å². The summed E-state index contributed by atoms with van der Waals surface area (Å²) >= 11 is 0. The number of carbonyl (C=O) groups is 3. The highest BCUT2D eigenvalue weighted by Crippen LogP contribution is 2.36. The summed E-state index contributed by atoms with van der Waals surface area (Å²) in [5, 5.41) is 1.98. The molecule has 0 saturated heterocycles. The van der Waals surface area contributed by atoms with Crippen LogP contribution in [0.25, 0.3) is 0 Å². The number of alkyl halides is 6. The smallest absolute Gasteiger partial charge is 0.416 e. The molecule has 1 aromatic carbocycles. The molecule has 0 aliphatic carbocycles. The van der Waals surface area contributed by atoms with E-state index in [1.807, 2.05) is 5.32 Å². The fraction of sp³-hybridized carbons (Fsp3) is 0.353. The van der Waals surface area contributed by atoms with E-state index in [0.29, 0.717) is 0 Å². The molecule has 0 saturated carbocycles. The molecule has 0 bridgehead atoms. The van der Waals surface area contributed by atoms with Crippen LogP contribution in [0.3, 0.4) is 0 Å². The van der Waals surface area contributed by atoms with Gasteiger partial charge in [-0.3, -0.25) is 4.79 Å². The lowest BCUT2D eigenvalue weighted by Crippen LogP contribution is -2.41. The van der Waals surface area contributed by atoms with Crippen molar-refractivity contribution in [2.75, 3.05) is 14.2 Å². The molecule has 1 N–H and O–H groups in total. The van der Waals surface area contributed by atoms with Crippen LogP contribution in [0.4, 0.5) is 26.3 Å². The largest absolute Gasteiger partial charge is 0.467 e. The lowest BCUT2D eigenvalue weighted by Gasteiger charge is -2.17. The highest BCUT2D eigenvalue weighted by Gasteiger charge is 2.37. The summed E-state index contributed by atoms with van der Waals surface area (Å²) in [6.07, 6.45) is -8.59. The summed E-state index contributed by atoms with van der Waals surface area (Å²) < 4.78 is 86.1. The Hall–Kier alpha value is -3.05. The van der Waals surface area contributed by atoms with Crippen molar-refractivity contribution in [2.24, 2.45) is 0 Å². The number of hydrogen-bond donors (Lipinski definition) is 1.